The van der Waals surface area contributed by atoms with E-state index in [0.717, 1.165) is 6.54 Å². The first-order chi connectivity index (χ1) is 8.23. The van der Waals surface area contributed by atoms with Gasteiger partial charge in [-0.1, -0.05) is 13.8 Å². The highest BCUT2D eigenvalue weighted by molar-refractivity contribution is 5.75. The molecule has 1 atom stereocenters. The molecule has 0 saturated carbocycles. The molecule has 0 aliphatic heterocycles. The number of aliphatic carboxylic acids is 1. The Morgan fingerprint density at radius 2 is 1.72 bits per heavy atom. The summed E-state index contributed by atoms with van der Waals surface area (Å²) in [7, 11) is 5.58. The SMILES string of the molecule is CC(C)C(CC(=O)O)NC(=O)N(C)CCN(C)C. The summed E-state index contributed by atoms with van der Waals surface area (Å²) in [5, 5.41) is 11.5. The average Bonchev–Trinajstić information content (AvgIpc) is 2.23. The molecule has 0 saturated heterocycles. The van der Waals surface area contributed by atoms with E-state index >= 15 is 0 Å². The number of nitrogens with one attached hydrogen (secondary N) is 1. The lowest BCUT2D eigenvalue weighted by atomic mass is 10.0. The number of carboxylic acids is 1. The van der Waals surface area contributed by atoms with Gasteiger partial charge in [0, 0.05) is 26.2 Å². The molecule has 1 unspecified atom stereocenters. The van der Waals surface area contributed by atoms with Crippen molar-refractivity contribution in [1.82, 2.24) is 15.1 Å². The van der Waals surface area contributed by atoms with E-state index in [4.69, 9.17) is 5.11 Å². The molecule has 0 heterocycles. The van der Waals surface area contributed by atoms with Crippen LogP contribution in [0.3, 0.4) is 0 Å². The minimum Gasteiger partial charge on any atom is -0.481 e. The summed E-state index contributed by atoms with van der Waals surface area (Å²) in [5.74, 6) is -0.808. The lowest BCUT2D eigenvalue weighted by molar-refractivity contribution is -0.137. The minimum absolute atomic E-state index is 0.0507. The van der Waals surface area contributed by atoms with Crippen LogP contribution in [0.1, 0.15) is 20.3 Å². The van der Waals surface area contributed by atoms with Crippen molar-refractivity contribution >= 4 is 12.0 Å². The quantitative estimate of drug-likeness (QED) is 0.705. The van der Waals surface area contributed by atoms with Crippen LogP contribution in [0.2, 0.25) is 0 Å². The third-order valence-electron chi connectivity index (χ3n) is 2.74. The number of urea groups is 1. The monoisotopic (exact) mass is 259 g/mol. The van der Waals surface area contributed by atoms with Crippen LogP contribution >= 0.6 is 0 Å². The van der Waals surface area contributed by atoms with E-state index in [1.54, 1.807) is 11.9 Å². The van der Waals surface area contributed by atoms with Crippen LogP contribution in [0.4, 0.5) is 4.79 Å². The highest BCUT2D eigenvalue weighted by Gasteiger charge is 2.20. The standard InChI is InChI=1S/C12H25N3O3/c1-9(2)10(8-11(16)17)13-12(18)15(5)7-6-14(3)4/h9-10H,6-8H2,1-5H3,(H,13,18)(H,16,17). The van der Waals surface area contributed by atoms with Gasteiger partial charge in [0.2, 0.25) is 0 Å². The Hall–Kier alpha value is -1.30. The van der Waals surface area contributed by atoms with Crippen molar-refractivity contribution in [2.24, 2.45) is 5.92 Å². The molecule has 0 aromatic rings. The van der Waals surface area contributed by atoms with Crippen LogP contribution in [0.25, 0.3) is 0 Å². The van der Waals surface area contributed by atoms with Crippen molar-refractivity contribution < 1.29 is 14.7 Å². The van der Waals surface area contributed by atoms with E-state index in [1.807, 2.05) is 32.8 Å². The predicted octanol–water partition coefficient (Wildman–Crippen LogP) is 0.689. The molecule has 6 nitrogen and oxygen atoms in total. The first-order valence-corrected chi connectivity index (χ1v) is 6.12. The zero-order valence-corrected chi connectivity index (χ0v) is 11.9. The van der Waals surface area contributed by atoms with E-state index in [-0.39, 0.29) is 24.4 Å². The van der Waals surface area contributed by atoms with Crippen molar-refractivity contribution in [1.29, 1.82) is 0 Å². The number of nitrogens with zero attached hydrogens (tertiary/aromatic N) is 2. The van der Waals surface area contributed by atoms with Gasteiger partial charge in [-0.05, 0) is 20.0 Å². The highest BCUT2D eigenvalue weighted by Crippen LogP contribution is 2.06. The minimum atomic E-state index is -0.898. The van der Waals surface area contributed by atoms with Crippen molar-refractivity contribution in [3.8, 4) is 0 Å². The summed E-state index contributed by atoms with van der Waals surface area (Å²) in [6.07, 6.45) is -0.0507. The molecule has 6 heteroatoms. The number of carboxylic acid groups (broad SMARTS) is 1. The average molecular weight is 259 g/mol. The van der Waals surface area contributed by atoms with Gasteiger partial charge in [-0.25, -0.2) is 4.79 Å². The molecule has 0 fully saturated rings. The number of carbonyl (C=O) groups is 2. The van der Waals surface area contributed by atoms with Crippen LogP contribution in [0.5, 0.6) is 0 Å². The van der Waals surface area contributed by atoms with Gasteiger partial charge in [-0.3, -0.25) is 4.79 Å². The van der Waals surface area contributed by atoms with Gasteiger partial charge in [-0.2, -0.15) is 0 Å². The second kappa shape index (κ2) is 7.92. The lowest BCUT2D eigenvalue weighted by Crippen LogP contribution is -2.47. The summed E-state index contributed by atoms with van der Waals surface area (Å²) in [6.45, 7) is 5.17. The van der Waals surface area contributed by atoms with Gasteiger partial charge in [-0.15, -0.1) is 0 Å². The van der Waals surface area contributed by atoms with Crippen LogP contribution < -0.4 is 5.32 Å². The lowest BCUT2D eigenvalue weighted by Gasteiger charge is -2.25. The fourth-order valence-corrected chi connectivity index (χ4v) is 1.36. The van der Waals surface area contributed by atoms with E-state index in [1.165, 1.54) is 0 Å². The second-order valence-electron chi connectivity index (χ2n) is 5.12. The molecule has 0 spiro atoms. The van der Waals surface area contributed by atoms with E-state index in [9.17, 15) is 9.59 Å². The number of hydrogen-bond donors (Lipinski definition) is 2. The van der Waals surface area contributed by atoms with Crippen LogP contribution in [0.15, 0.2) is 0 Å². The van der Waals surface area contributed by atoms with E-state index in [0.29, 0.717) is 6.54 Å². The molecule has 0 radical (unpaired) electrons. The number of amides is 2. The second-order valence-corrected chi connectivity index (χ2v) is 5.12. The maximum Gasteiger partial charge on any atom is 0.317 e. The topological polar surface area (TPSA) is 72.9 Å². The maximum atomic E-state index is 11.9. The number of rotatable bonds is 7. The Kier molecular flexibility index (Phi) is 7.35. The number of carbonyl (C=O) groups excluding carboxylic acids is 1. The summed E-state index contributed by atoms with van der Waals surface area (Å²) in [5.41, 5.74) is 0. The van der Waals surface area contributed by atoms with Crippen molar-refractivity contribution in [3.63, 3.8) is 0 Å². The van der Waals surface area contributed by atoms with E-state index in [2.05, 4.69) is 5.32 Å². The molecule has 0 aliphatic rings. The molecule has 0 rings (SSSR count). The first kappa shape index (κ1) is 16.7. The van der Waals surface area contributed by atoms with Crippen LogP contribution in [-0.2, 0) is 4.79 Å². The Bertz CT molecular complexity index is 280. The maximum absolute atomic E-state index is 11.9. The van der Waals surface area contributed by atoms with Gasteiger partial charge in [0.15, 0.2) is 0 Å². The molecule has 0 bridgehead atoms. The molecular formula is C12H25N3O3. The normalized spacial score (nSPS) is 12.6. The molecule has 106 valence electrons. The van der Waals surface area contributed by atoms with Crippen LogP contribution in [0, 0.1) is 5.92 Å². The first-order valence-electron chi connectivity index (χ1n) is 6.12. The molecular weight excluding hydrogens is 234 g/mol. The molecule has 0 aromatic heterocycles. The van der Waals surface area contributed by atoms with Gasteiger partial charge in [0.1, 0.15) is 0 Å². The molecule has 18 heavy (non-hydrogen) atoms. The molecule has 0 aromatic carbocycles. The van der Waals surface area contributed by atoms with Crippen LogP contribution in [-0.4, -0.2) is 67.2 Å². The largest absolute Gasteiger partial charge is 0.481 e. The van der Waals surface area contributed by atoms with Crippen molar-refractivity contribution in [2.75, 3.05) is 34.2 Å². The molecule has 2 amide bonds. The summed E-state index contributed by atoms with van der Waals surface area (Å²) >= 11 is 0. The van der Waals surface area contributed by atoms with Gasteiger partial charge < -0.3 is 20.2 Å². The smallest absolute Gasteiger partial charge is 0.317 e. The number of hydrogen-bond acceptors (Lipinski definition) is 3. The van der Waals surface area contributed by atoms with Gasteiger partial charge >= 0.3 is 12.0 Å². The Morgan fingerprint density at radius 3 is 2.11 bits per heavy atom. The zero-order valence-electron chi connectivity index (χ0n) is 11.9. The van der Waals surface area contributed by atoms with Gasteiger partial charge in [0.25, 0.3) is 0 Å². The van der Waals surface area contributed by atoms with Gasteiger partial charge in [0.05, 0.1) is 6.42 Å². The van der Waals surface area contributed by atoms with Crippen molar-refractivity contribution in [3.05, 3.63) is 0 Å². The Morgan fingerprint density at radius 1 is 1.17 bits per heavy atom. The molecule has 0 aliphatic carbocycles. The Balaban J connectivity index is 4.27. The van der Waals surface area contributed by atoms with E-state index < -0.39 is 5.97 Å². The summed E-state index contributed by atoms with van der Waals surface area (Å²) in [4.78, 5) is 26.1. The highest BCUT2D eigenvalue weighted by atomic mass is 16.4. The zero-order chi connectivity index (χ0) is 14.3. The Labute approximate surface area is 109 Å². The molecule has 2 N–H and O–H groups in total. The van der Waals surface area contributed by atoms with Crippen molar-refractivity contribution in [2.45, 2.75) is 26.3 Å². The predicted molar refractivity (Wildman–Crippen MR) is 70.6 cm³/mol. The summed E-state index contributed by atoms with van der Waals surface area (Å²) in [6, 6.07) is -0.561. The third kappa shape index (κ3) is 7.11. The number of likely N-dealkylation sites (N-methyl/N-ethyl adjacent to an activating group) is 2. The third-order valence-corrected chi connectivity index (χ3v) is 2.74. The fourth-order valence-electron chi connectivity index (χ4n) is 1.36. The fraction of sp³-hybridized carbons (Fsp3) is 0.833. The summed E-state index contributed by atoms with van der Waals surface area (Å²) < 4.78 is 0.